The molecule has 0 spiro atoms. The number of nitrogens with one attached hydrogen (secondary N) is 1. The van der Waals surface area contributed by atoms with Gasteiger partial charge in [0.1, 0.15) is 5.75 Å². The van der Waals surface area contributed by atoms with Gasteiger partial charge in [0.15, 0.2) is 0 Å². The molecule has 130 valence electrons. The summed E-state index contributed by atoms with van der Waals surface area (Å²) in [6.07, 6.45) is -0.0687. The van der Waals surface area contributed by atoms with Crippen LogP contribution < -0.4 is 14.8 Å². The molecule has 0 aliphatic heterocycles. The first kappa shape index (κ1) is 16.9. The van der Waals surface area contributed by atoms with Gasteiger partial charge in [0.2, 0.25) is 5.76 Å². The average molecular weight is 339 g/mol. The van der Waals surface area contributed by atoms with E-state index in [1.54, 1.807) is 13.2 Å². The van der Waals surface area contributed by atoms with Gasteiger partial charge in [-0.25, -0.2) is 0 Å². The molecule has 5 heteroatoms. The lowest BCUT2D eigenvalue weighted by molar-refractivity contribution is 0.0911. The lowest BCUT2D eigenvalue weighted by atomic mass is 10.1. The van der Waals surface area contributed by atoms with E-state index >= 15 is 0 Å². The molecule has 1 aromatic heterocycles. The van der Waals surface area contributed by atoms with Crippen molar-refractivity contribution in [2.75, 3.05) is 7.11 Å². The summed E-state index contributed by atoms with van der Waals surface area (Å²) in [6.45, 7) is 4.24. The molecule has 5 nitrogen and oxygen atoms in total. The monoisotopic (exact) mass is 339 g/mol. The molecule has 0 saturated heterocycles. The first-order chi connectivity index (χ1) is 12.1. The number of hydrogen-bond acceptors (Lipinski definition) is 4. The van der Waals surface area contributed by atoms with Crippen molar-refractivity contribution in [3.8, 4) is 11.7 Å². The van der Waals surface area contributed by atoms with Crippen LogP contribution >= 0.6 is 0 Å². The minimum atomic E-state index is -0.280. The zero-order valence-electron chi connectivity index (χ0n) is 14.5. The predicted octanol–water partition coefficient (Wildman–Crippen LogP) is 4.16. The second-order valence-corrected chi connectivity index (χ2v) is 5.97. The first-order valence-corrected chi connectivity index (χ1v) is 8.18. The Kier molecular flexibility index (Phi) is 4.93. The number of amides is 1. The SMILES string of the molecule is COc1ccc2c(C(=O)NCc3ccccc3)oc(OC(C)C)c2c1. The van der Waals surface area contributed by atoms with Crippen molar-refractivity contribution in [1.29, 1.82) is 0 Å². The van der Waals surface area contributed by atoms with E-state index in [2.05, 4.69) is 5.32 Å². The lowest BCUT2D eigenvalue weighted by Gasteiger charge is -2.06. The number of carbonyl (C=O) groups is 1. The van der Waals surface area contributed by atoms with Crippen LogP contribution in [0.2, 0.25) is 0 Å². The van der Waals surface area contributed by atoms with Crippen LogP contribution in [0, 0.1) is 0 Å². The fraction of sp³-hybridized carbons (Fsp3) is 0.250. The summed E-state index contributed by atoms with van der Waals surface area (Å²) in [5.41, 5.74) is 1.02. The average Bonchev–Trinajstić information content (AvgIpc) is 2.97. The van der Waals surface area contributed by atoms with E-state index < -0.39 is 0 Å². The van der Waals surface area contributed by atoms with Crippen molar-refractivity contribution < 1.29 is 18.7 Å². The topological polar surface area (TPSA) is 60.7 Å². The second kappa shape index (κ2) is 7.30. The Morgan fingerprint density at radius 1 is 1.12 bits per heavy atom. The number of furan rings is 1. The molecule has 3 aromatic rings. The molecule has 0 saturated carbocycles. The van der Waals surface area contributed by atoms with Crippen LogP contribution in [0.1, 0.15) is 30.0 Å². The Morgan fingerprint density at radius 2 is 1.88 bits per heavy atom. The molecule has 1 N–H and O–H groups in total. The van der Waals surface area contributed by atoms with Crippen molar-refractivity contribution in [3.05, 3.63) is 59.9 Å². The molecule has 0 atom stereocenters. The highest BCUT2D eigenvalue weighted by Crippen LogP contribution is 2.35. The third-order valence-corrected chi connectivity index (χ3v) is 3.73. The maximum atomic E-state index is 12.6. The molecule has 0 radical (unpaired) electrons. The molecule has 2 aromatic carbocycles. The Bertz CT molecular complexity index is 868. The minimum absolute atomic E-state index is 0.0687. The van der Waals surface area contributed by atoms with Crippen LogP contribution in [0.3, 0.4) is 0 Å². The van der Waals surface area contributed by atoms with E-state index in [9.17, 15) is 4.79 Å². The Hall–Kier alpha value is -2.95. The smallest absolute Gasteiger partial charge is 0.293 e. The standard InChI is InChI=1S/C20H21NO4/c1-13(2)24-20-17-11-15(23-3)9-10-16(17)18(25-20)19(22)21-12-14-7-5-4-6-8-14/h4-11,13H,12H2,1-3H3,(H,21,22). The molecule has 0 aliphatic carbocycles. The highest BCUT2D eigenvalue weighted by atomic mass is 16.6. The van der Waals surface area contributed by atoms with Gasteiger partial charge in [-0.05, 0) is 37.6 Å². The summed E-state index contributed by atoms with van der Waals surface area (Å²) >= 11 is 0. The van der Waals surface area contributed by atoms with E-state index in [1.165, 1.54) is 0 Å². The van der Waals surface area contributed by atoms with Crippen molar-refractivity contribution in [2.24, 2.45) is 0 Å². The predicted molar refractivity (Wildman–Crippen MR) is 96.1 cm³/mol. The summed E-state index contributed by atoms with van der Waals surface area (Å²) in [5.74, 6) is 0.966. The Labute approximate surface area is 146 Å². The van der Waals surface area contributed by atoms with Gasteiger partial charge >= 0.3 is 0 Å². The van der Waals surface area contributed by atoms with Crippen LogP contribution in [0.15, 0.2) is 52.9 Å². The minimum Gasteiger partial charge on any atom is -0.497 e. The van der Waals surface area contributed by atoms with Gasteiger partial charge in [0.25, 0.3) is 11.9 Å². The second-order valence-electron chi connectivity index (χ2n) is 5.97. The number of rotatable bonds is 6. The van der Waals surface area contributed by atoms with E-state index in [-0.39, 0.29) is 17.8 Å². The van der Waals surface area contributed by atoms with Crippen LogP contribution in [-0.2, 0) is 6.54 Å². The van der Waals surface area contributed by atoms with Crippen molar-refractivity contribution >= 4 is 16.7 Å². The van der Waals surface area contributed by atoms with Crippen LogP contribution in [0.5, 0.6) is 11.7 Å². The fourth-order valence-corrected chi connectivity index (χ4v) is 2.55. The number of fused-ring (bicyclic) bond motifs is 1. The highest BCUT2D eigenvalue weighted by Gasteiger charge is 2.21. The van der Waals surface area contributed by atoms with Gasteiger partial charge < -0.3 is 19.2 Å². The Morgan fingerprint density at radius 3 is 2.56 bits per heavy atom. The van der Waals surface area contributed by atoms with Crippen LogP contribution in [0.25, 0.3) is 10.8 Å². The number of benzene rings is 2. The van der Waals surface area contributed by atoms with Crippen LogP contribution in [-0.4, -0.2) is 19.1 Å². The van der Waals surface area contributed by atoms with Crippen molar-refractivity contribution in [2.45, 2.75) is 26.5 Å². The fourth-order valence-electron chi connectivity index (χ4n) is 2.55. The molecule has 25 heavy (non-hydrogen) atoms. The summed E-state index contributed by atoms with van der Waals surface area (Å²) < 4.78 is 16.7. The molecular formula is C20H21NO4. The van der Waals surface area contributed by atoms with Gasteiger partial charge in [-0.1, -0.05) is 30.3 Å². The molecule has 3 rings (SSSR count). The largest absolute Gasteiger partial charge is 0.497 e. The van der Waals surface area contributed by atoms with Crippen molar-refractivity contribution in [1.82, 2.24) is 5.32 Å². The number of methoxy groups -OCH3 is 1. The van der Waals surface area contributed by atoms with E-state index in [0.717, 1.165) is 10.9 Å². The molecule has 0 aliphatic rings. The molecule has 0 unspecified atom stereocenters. The first-order valence-electron chi connectivity index (χ1n) is 8.18. The molecular weight excluding hydrogens is 318 g/mol. The van der Waals surface area contributed by atoms with Gasteiger partial charge in [-0.2, -0.15) is 0 Å². The zero-order chi connectivity index (χ0) is 17.8. The van der Waals surface area contributed by atoms with E-state index in [1.807, 2.05) is 56.3 Å². The summed E-state index contributed by atoms with van der Waals surface area (Å²) in [4.78, 5) is 12.6. The molecule has 1 heterocycles. The quantitative estimate of drug-likeness (QED) is 0.732. The van der Waals surface area contributed by atoms with Crippen LogP contribution in [0.4, 0.5) is 0 Å². The van der Waals surface area contributed by atoms with Gasteiger partial charge in [0.05, 0.1) is 18.6 Å². The lowest BCUT2D eigenvalue weighted by Crippen LogP contribution is -2.22. The van der Waals surface area contributed by atoms with Gasteiger partial charge in [-0.3, -0.25) is 4.79 Å². The molecule has 0 fully saturated rings. The number of ether oxygens (including phenoxy) is 2. The van der Waals surface area contributed by atoms with E-state index in [0.29, 0.717) is 23.6 Å². The van der Waals surface area contributed by atoms with Crippen molar-refractivity contribution in [3.63, 3.8) is 0 Å². The Balaban J connectivity index is 1.90. The zero-order valence-corrected chi connectivity index (χ0v) is 14.5. The van der Waals surface area contributed by atoms with E-state index in [4.69, 9.17) is 13.9 Å². The number of hydrogen-bond donors (Lipinski definition) is 1. The third kappa shape index (κ3) is 3.76. The van der Waals surface area contributed by atoms with Gasteiger partial charge in [0, 0.05) is 11.9 Å². The third-order valence-electron chi connectivity index (χ3n) is 3.73. The summed E-state index contributed by atoms with van der Waals surface area (Å²) in [6, 6.07) is 15.1. The summed E-state index contributed by atoms with van der Waals surface area (Å²) in [5, 5.41) is 4.30. The highest BCUT2D eigenvalue weighted by molar-refractivity contribution is 6.06. The summed E-state index contributed by atoms with van der Waals surface area (Å²) in [7, 11) is 1.59. The number of carbonyl (C=O) groups excluding carboxylic acids is 1. The normalized spacial score (nSPS) is 10.9. The maximum Gasteiger partial charge on any atom is 0.293 e. The molecule has 0 bridgehead atoms. The van der Waals surface area contributed by atoms with Gasteiger partial charge in [-0.15, -0.1) is 0 Å². The maximum absolute atomic E-state index is 12.6. The molecule has 1 amide bonds.